The van der Waals surface area contributed by atoms with Crippen LogP contribution in [-0.4, -0.2) is 80.6 Å². The zero-order chi connectivity index (χ0) is 33.5. The summed E-state index contributed by atoms with van der Waals surface area (Å²) in [6.07, 6.45) is -0.224. The maximum absolute atomic E-state index is 14.3. The van der Waals surface area contributed by atoms with Crippen molar-refractivity contribution in [2.24, 2.45) is 0 Å². The Labute approximate surface area is 295 Å². The minimum atomic E-state index is -1.28. The van der Waals surface area contributed by atoms with Crippen LogP contribution in [0.25, 0.3) is 28.3 Å². The van der Waals surface area contributed by atoms with Gasteiger partial charge in [-0.05, 0) is 79.9 Å². The van der Waals surface area contributed by atoms with Crippen molar-refractivity contribution in [1.82, 2.24) is 9.88 Å². The second kappa shape index (κ2) is 16.9. The van der Waals surface area contributed by atoms with E-state index in [1.807, 2.05) is 32.9 Å². The molecule has 4 aromatic rings. The molecule has 0 fully saturated rings. The van der Waals surface area contributed by atoms with Crippen LogP contribution in [-0.2, 0) is 4.79 Å². The molecule has 0 aliphatic carbocycles. The van der Waals surface area contributed by atoms with E-state index in [1.165, 1.54) is 30.3 Å². The standard InChI is InChI=1S/C36H38F2N2O6.Na.H/c1-21(2)40-31(18-15-28(41)19-29(42)20-32(43)44)33(24-5-11-26(37)12-6-24)34(25-7-13-27(38)14-8-25)35(40)36(45)39-22(3)23-9-16-30(46-4)17-10-23;;/h5-18,21-22,28-29,41-42H,19-20H2,1-4H3,(H,39,45)(H,43,44);;/t22-,28-,29-;;/m1../s1. The third kappa shape index (κ3) is 9.39. The van der Waals surface area contributed by atoms with Crippen LogP contribution in [0, 0.1) is 11.6 Å². The Morgan fingerprint density at radius 1 is 0.872 bits per heavy atom. The number of rotatable bonds is 13. The molecule has 0 saturated carbocycles. The number of amides is 1. The van der Waals surface area contributed by atoms with Gasteiger partial charge in [0.1, 0.15) is 23.1 Å². The van der Waals surface area contributed by atoms with Gasteiger partial charge in [0.25, 0.3) is 5.91 Å². The Bertz CT molecular complexity index is 1690. The fourth-order valence-corrected chi connectivity index (χ4v) is 5.42. The number of aliphatic hydroxyl groups excluding tert-OH is 2. The Morgan fingerprint density at radius 3 is 1.89 bits per heavy atom. The number of carbonyl (C=O) groups is 2. The maximum atomic E-state index is 14.3. The number of carboxylic acids is 1. The molecule has 0 unspecified atom stereocenters. The molecule has 0 aliphatic heterocycles. The number of benzene rings is 3. The molecule has 0 bridgehead atoms. The quantitative estimate of drug-likeness (QED) is 0.129. The summed E-state index contributed by atoms with van der Waals surface area (Å²) >= 11 is 0. The molecule has 0 radical (unpaired) electrons. The minimum absolute atomic E-state index is 0. The number of aliphatic hydroxyl groups is 2. The average Bonchev–Trinajstić information content (AvgIpc) is 3.36. The van der Waals surface area contributed by atoms with Gasteiger partial charge in [-0.15, -0.1) is 0 Å². The van der Waals surface area contributed by atoms with E-state index in [0.717, 1.165) is 5.56 Å². The third-order valence-electron chi connectivity index (χ3n) is 7.60. The van der Waals surface area contributed by atoms with Gasteiger partial charge in [-0.2, -0.15) is 0 Å². The second-order valence-corrected chi connectivity index (χ2v) is 11.3. The van der Waals surface area contributed by atoms with Gasteiger partial charge >= 0.3 is 35.5 Å². The van der Waals surface area contributed by atoms with Crippen molar-refractivity contribution in [1.29, 1.82) is 0 Å². The van der Waals surface area contributed by atoms with Gasteiger partial charge in [0.15, 0.2) is 0 Å². The van der Waals surface area contributed by atoms with Crippen molar-refractivity contribution in [2.75, 3.05) is 7.11 Å². The summed E-state index contributed by atoms with van der Waals surface area (Å²) in [5, 5.41) is 32.9. The molecule has 3 atom stereocenters. The zero-order valence-electron chi connectivity index (χ0n) is 26.1. The van der Waals surface area contributed by atoms with Crippen LogP contribution in [0.15, 0.2) is 78.9 Å². The Morgan fingerprint density at radius 2 is 1.40 bits per heavy atom. The first-order valence-electron chi connectivity index (χ1n) is 14.9. The number of hydrogen-bond acceptors (Lipinski definition) is 5. The molecule has 4 rings (SSSR count). The Balaban J connectivity index is 0.00000600. The predicted octanol–water partition coefficient (Wildman–Crippen LogP) is 6.13. The summed E-state index contributed by atoms with van der Waals surface area (Å²) in [6.45, 7) is 5.62. The Hall–Kier alpha value is -3.80. The van der Waals surface area contributed by atoms with Crippen LogP contribution in [0.2, 0.25) is 0 Å². The van der Waals surface area contributed by atoms with Crippen LogP contribution in [0.4, 0.5) is 8.78 Å². The van der Waals surface area contributed by atoms with Crippen molar-refractivity contribution in [3.05, 3.63) is 107 Å². The van der Waals surface area contributed by atoms with Gasteiger partial charge in [-0.3, -0.25) is 9.59 Å². The molecule has 47 heavy (non-hydrogen) atoms. The van der Waals surface area contributed by atoms with Gasteiger partial charge in [0.05, 0.1) is 31.8 Å². The van der Waals surface area contributed by atoms with E-state index in [-0.39, 0.29) is 47.7 Å². The number of carboxylic acid groups (broad SMARTS) is 1. The molecule has 8 nitrogen and oxygen atoms in total. The molecule has 0 saturated heterocycles. The van der Waals surface area contributed by atoms with Crippen LogP contribution in [0.5, 0.6) is 5.75 Å². The van der Waals surface area contributed by atoms with Gasteiger partial charge in [-0.25, -0.2) is 8.78 Å². The van der Waals surface area contributed by atoms with E-state index < -0.39 is 48.2 Å². The third-order valence-corrected chi connectivity index (χ3v) is 7.60. The number of aliphatic carboxylic acids is 1. The number of carbonyl (C=O) groups excluding carboxylic acids is 1. The van der Waals surface area contributed by atoms with Crippen molar-refractivity contribution in [3.63, 3.8) is 0 Å². The predicted molar refractivity (Wildman–Crippen MR) is 180 cm³/mol. The van der Waals surface area contributed by atoms with Gasteiger partial charge in [0, 0.05) is 29.3 Å². The van der Waals surface area contributed by atoms with Crippen molar-refractivity contribution in [2.45, 2.75) is 57.9 Å². The number of hydrogen-bond donors (Lipinski definition) is 4. The summed E-state index contributed by atoms with van der Waals surface area (Å²) in [5.41, 5.74) is 3.71. The van der Waals surface area contributed by atoms with Crippen LogP contribution < -0.4 is 10.1 Å². The molecule has 4 N–H and O–H groups in total. The number of nitrogens with zero attached hydrogens (tertiary/aromatic N) is 1. The molecule has 1 heterocycles. The van der Waals surface area contributed by atoms with E-state index in [0.29, 0.717) is 33.7 Å². The number of aromatic nitrogens is 1. The number of methoxy groups -OCH3 is 1. The fourth-order valence-electron chi connectivity index (χ4n) is 5.42. The molecule has 1 amide bonds. The van der Waals surface area contributed by atoms with E-state index in [9.17, 15) is 28.6 Å². The first-order chi connectivity index (χ1) is 21.9. The number of halogens is 2. The van der Waals surface area contributed by atoms with Gasteiger partial charge in [0.2, 0.25) is 0 Å². The van der Waals surface area contributed by atoms with Crippen molar-refractivity contribution in [3.8, 4) is 28.0 Å². The molecule has 1 aromatic heterocycles. The normalized spacial score (nSPS) is 13.2. The Kier molecular flexibility index (Phi) is 13.5. The van der Waals surface area contributed by atoms with E-state index >= 15 is 0 Å². The number of nitrogens with one attached hydrogen (secondary N) is 1. The second-order valence-electron chi connectivity index (χ2n) is 11.3. The monoisotopic (exact) mass is 656 g/mol. The van der Waals surface area contributed by atoms with Gasteiger partial charge < -0.3 is 29.9 Å². The fraction of sp³-hybridized carbons (Fsp3) is 0.278. The summed E-state index contributed by atoms with van der Waals surface area (Å²) < 4.78 is 35.3. The van der Waals surface area contributed by atoms with E-state index in [2.05, 4.69) is 5.32 Å². The first kappa shape index (κ1) is 37.7. The summed E-state index contributed by atoms with van der Waals surface area (Å²) in [4.78, 5) is 25.3. The molecule has 11 heteroatoms. The van der Waals surface area contributed by atoms with Crippen LogP contribution in [0.3, 0.4) is 0 Å². The molecule has 3 aromatic carbocycles. The molecular formula is C36H39F2N2NaO6. The molecular weight excluding hydrogens is 617 g/mol. The summed E-state index contributed by atoms with van der Waals surface area (Å²) in [5.74, 6) is -1.86. The van der Waals surface area contributed by atoms with E-state index in [4.69, 9.17) is 9.84 Å². The molecule has 0 spiro atoms. The summed E-state index contributed by atoms with van der Waals surface area (Å²) in [7, 11) is 1.57. The van der Waals surface area contributed by atoms with Crippen LogP contribution >= 0.6 is 0 Å². The van der Waals surface area contributed by atoms with Gasteiger partial charge in [-0.1, -0.05) is 42.5 Å². The molecule has 244 valence electrons. The topological polar surface area (TPSA) is 121 Å². The number of ether oxygens (including phenoxy) is 1. The van der Waals surface area contributed by atoms with Crippen molar-refractivity contribution >= 4 is 47.5 Å². The van der Waals surface area contributed by atoms with Crippen LogP contribution in [0.1, 0.15) is 67.4 Å². The van der Waals surface area contributed by atoms with Crippen molar-refractivity contribution < 1.29 is 38.4 Å². The average molecular weight is 657 g/mol. The molecule has 0 aliphatic rings. The summed E-state index contributed by atoms with van der Waals surface area (Å²) in [6, 6.07) is 18.0. The zero-order valence-corrected chi connectivity index (χ0v) is 26.1. The SMILES string of the molecule is COc1ccc([C@@H](C)NC(=O)c2c(-c3ccc(F)cc3)c(-c3ccc(F)cc3)c(C=C[C@@H](O)C[C@@H](O)CC(=O)O)n2C(C)C)cc1.[NaH]. The first-order valence-corrected chi connectivity index (χ1v) is 14.9. The van der Waals surface area contributed by atoms with E-state index in [1.54, 1.807) is 54.2 Å².